The van der Waals surface area contributed by atoms with Crippen molar-refractivity contribution in [3.63, 3.8) is 0 Å². The molecule has 9 heteroatoms. The Labute approximate surface area is 178 Å². The van der Waals surface area contributed by atoms with Crippen LogP contribution in [0.3, 0.4) is 0 Å². The van der Waals surface area contributed by atoms with Crippen LogP contribution in [0.5, 0.6) is 5.75 Å². The highest BCUT2D eigenvalue weighted by molar-refractivity contribution is 6.35. The molecule has 1 heterocycles. The van der Waals surface area contributed by atoms with E-state index in [1.54, 1.807) is 43.3 Å². The van der Waals surface area contributed by atoms with Crippen molar-refractivity contribution >= 4 is 29.2 Å². The van der Waals surface area contributed by atoms with Crippen molar-refractivity contribution in [3.05, 3.63) is 73.8 Å². The number of nitro groups is 1. The predicted molar refractivity (Wildman–Crippen MR) is 109 cm³/mol. The van der Waals surface area contributed by atoms with Gasteiger partial charge in [0.1, 0.15) is 17.8 Å². The molecule has 7 nitrogen and oxygen atoms in total. The highest BCUT2D eigenvalue weighted by atomic mass is 35.5. The Balaban J connectivity index is 2.09. The zero-order chi connectivity index (χ0) is 21.1. The second-order valence-corrected chi connectivity index (χ2v) is 7.46. The van der Waals surface area contributed by atoms with Crippen molar-refractivity contribution < 1.29 is 19.2 Å². The third-order valence-electron chi connectivity index (χ3n) is 5.01. The molecule has 1 fully saturated rings. The molecule has 0 aliphatic carbocycles. The largest absolute Gasteiger partial charge is 0.497 e. The molecule has 0 aromatic heterocycles. The van der Waals surface area contributed by atoms with Gasteiger partial charge in [-0.1, -0.05) is 41.4 Å². The average molecular weight is 439 g/mol. The van der Waals surface area contributed by atoms with Gasteiger partial charge in [0.25, 0.3) is 0 Å². The van der Waals surface area contributed by atoms with Gasteiger partial charge in [-0.05, 0) is 42.3 Å². The van der Waals surface area contributed by atoms with E-state index >= 15 is 0 Å². The molecule has 0 unspecified atom stereocenters. The second kappa shape index (κ2) is 8.98. The fourth-order valence-electron chi connectivity index (χ4n) is 3.74. The maximum atomic E-state index is 12.7. The minimum Gasteiger partial charge on any atom is -0.497 e. The molecule has 0 bridgehead atoms. The first-order valence-electron chi connectivity index (χ1n) is 9.02. The number of hydrogen-bond acceptors (Lipinski definition) is 6. The molecule has 0 radical (unpaired) electrons. The van der Waals surface area contributed by atoms with E-state index in [9.17, 15) is 14.9 Å². The van der Waals surface area contributed by atoms with E-state index in [0.717, 1.165) is 0 Å². The highest BCUT2D eigenvalue weighted by Gasteiger charge is 2.55. The molecular weight excluding hydrogens is 419 g/mol. The molecule has 1 N–H and O–H groups in total. The Kier molecular flexibility index (Phi) is 6.62. The zero-order valence-corrected chi connectivity index (χ0v) is 17.3. The normalized spacial score (nSPS) is 23.6. The Morgan fingerprint density at radius 3 is 2.45 bits per heavy atom. The summed E-state index contributed by atoms with van der Waals surface area (Å²) in [5.41, 5.74) is 1.13. The van der Waals surface area contributed by atoms with Gasteiger partial charge in [0.05, 0.1) is 19.6 Å². The van der Waals surface area contributed by atoms with Gasteiger partial charge in [-0.3, -0.25) is 20.2 Å². The van der Waals surface area contributed by atoms with Crippen molar-refractivity contribution in [3.8, 4) is 5.75 Å². The van der Waals surface area contributed by atoms with Gasteiger partial charge in [-0.15, -0.1) is 0 Å². The Morgan fingerprint density at radius 1 is 1.21 bits per heavy atom. The lowest BCUT2D eigenvalue weighted by atomic mass is 9.85. The number of carbonyl (C=O) groups excluding carboxylic acids is 1. The van der Waals surface area contributed by atoms with E-state index in [-0.39, 0.29) is 11.5 Å². The fraction of sp³-hybridized carbons (Fsp3) is 0.350. The minimum absolute atomic E-state index is 0.168. The molecule has 2 aromatic rings. The van der Waals surface area contributed by atoms with E-state index in [1.165, 1.54) is 13.2 Å². The average Bonchev–Trinajstić information content (AvgIpc) is 3.09. The van der Waals surface area contributed by atoms with Gasteiger partial charge in [-0.25, -0.2) is 0 Å². The first-order chi connectivity index (χ1) is 13.9. The van der Waals surface area contributed by atoms with E-state index < -0.39 is 30.0 Å². The van der Waals surface area contributed by atoms with E-state index in [2.05, 4.69) is 5.32 Å². The summed E-state index contributed by atoms with van der Waals surface area (Å²) in [4.78, 5) is 24.4. The molecule has 0 amide bonds. The summed E-state index contributed by atoms with van der Waals surface area (Å²) in [5, 5.41) is 15.9. The molecular formula is C20H20Cl2N2O5. The maximum absolute atomic E-state index is 12.7. The van der Waals surface area contributed by atoms with Crippen LogP contribution in [0.2, 0.25) is 10.0 Å². The third kappa shape index (κ3) is 4.32. The third-order valence-corrected chi connectivity index (χ3v) is 5.57. The van der Waals surface area contributed by atoms with Crippen molar-refractivity contribution in [1.29, 1.82) is 0 Å². The lowest BCUT2D eigenvalue weighted by Crippen LogP contribution is -2.37. The van der Waals surface area contributed by atoms with Gasteiger partial charge in [-0.2, -0.15) is 0 Å². The van der Waals surface area contributed by atoms with Crippen molar-refractivity contribution in [2.75, 3.05) is 13.7 Å². The molecule has 29 heavy (non-hydrogen) atoms. The second-order valence-electron chi connectivity index (χ2n) is 6.61. The number of nitrogens with one attached hydrogen (secondary N) is 1. The summed E-state index contributed by atoms with van der Waals surface area (Å²) < 4.78 is 10.3. The van der Waals surface area contributed by atoms with Crippen LogP contribution in [0.1, 0.15) is 30.0 Å². The van der Waals surface area contributed by atoms with Crippen LogP contribution in [-0.2, 0) is 9.53 Å². The number of carbonyl (C=O) groups is 1. The number of ether oxygens (including phenoxy) is 2. The summed E-state index contributed by atoms with van der Waals surface area (Å²) in [7, 11) is 1.53. The molecule has 0 saturated carbocycles. The smallest absolute Gasteiger partial charge is 0.324 e. The van der Waals surface area contributed by atoms with Crippen molar-refractivity contribution in [1.82, 2.24) is 5.32 Å². The standard InChI is InChI=1S/C20H20Cl2N2O5/c1-3-29-20(25)18-16(11-4-7-13(28-2)8-5-11)19(24(26)27)17(23-18)14-9-6-12(21)10-15(14)22/h4-10,16-19,23H,3H2,1-2H3/t16-,17+,18+,19+/m1/s1. The van der Waals surface area contributed by atoms with Crippen LogP contribution in [0.15, 0.2) is 42.5 Å². The van der Waals surface area contributed by atoms with Gasteiger partial charge in [0.15, 0.2) is 0 Å². The SMILES string of the molecule is CCOC(=O)[C@H]1N[C@@H](c2ccc(Cl)cc2Cl)[C@@H]([N+](=O)[O-])[C@@H]1c1ccc(OC)cc1. The first-order valence-corrected chi connectivity index (χ1v) is 9.78. The number of benzene rings is 2. The van der Waals surface area contributed by atoms with Crippen LogP contribution in [-0.4, -0.2) is 36.7 Å². The van der Waals surface area contributed by atoms with Crippen LogP contribution in [0.25, 0.3) is 0 Å². The van der Waals surface area contributed by atoms with E-state index in [0.29, 0.717) is 26.9 Å². The number of halogens is 2. The highest BCUT2D eigenvalue weighted by Crippen LogP contribution is 2.43. The van der Waals surface area contributed by atoms with Gasteiger partial charge in [0.2, 0.25) is 6.04 Å². The molecule has 1 aliphatic rings. The van der Waals surface area contributed by atoms with Crippen molar-refractivity contribution in [2.24, 2.45) is 0 Å². The number of rotatable bonds is 6. The summed E-state index contributed by atoms with van der Waals surface area (Å²) in [6, 6.07) is 8.78. The lowest BCUT2D eigenvalue weighted by molar-refractivity contribution is -0.527. The Morgan fingerprint density at radius 2 is 1.90 bits per heavy atom. The number of methoxy groups -OCH3 is 1. The minimum atomic E-state index is -1.14. The molecule has 2 aromatic carbocycles. The molecule has 4 atom stereocenters. The predicted octanol–water partition coefficient (Wildman–Crippen LogP) is 4.01. The summed E-state index contributed by atoms with van der Waals surface area (Å²) in [5.74, 6) is -0.693. The fourth-order valence-corrected chi connectivity index (χ4v) is 4.27. The lowest BCUT2D eigenvalue weighted by Gasteiger charge is -2.20. The van der Waals surface area contributed by atoms with Gasteiger partial charge < -0.3 is 9.47 Å². The van der Waals surface area contributed by atoms with Gasteiger partial charge in [0, 0.05) is 15.0 Å². The summed E-state index contributed by atoms with van der Waals surface area (Å²) in [6.45, 7) is 1.86. The summed E-state index contributed by atoms with van der Waals surface area (Å²) in [6.07, 6.45) is 0. The van der Waals surface area contributed by atoms with Crippen molar-refractivity contribution in [2.45, 2.75) is 31.0 Å². The number of esters is 1. The van der Waals surface area contributed by atoms with Crippen LogP contribution < -0.4 is 10.1 Å². The van der Waals surface area contributed by atoms with Gasteiger partial charge >= 0.3 is 5.97 Å². The van der Waals surface area contributed by atoms with Crippen LogP contribution in [0.4, 0.5) is 0 Å². The van der Waals surface area contributed by atoms with Crippen LogP contribution >= 0.6 is 23.2 Å². The van der Waals surface area contributed by atoms with E-state index in [4.69, 9.17) is 32.7 Å². The molecule has 1 aliphatic heterocycles. The molecule has 1 saturated heterocycles. The Hall–Kier alpha value is -2.35. The number of nitrogens with zero attached hydrogens (tertiary/aromatic N) is 1. The monoisotopic (exact) mass is 438 g/mol. The topological polar surface area (TPSA) is 90.7 Å². The maximum Gasteiger partial charge on any atom is 0.324 e. The Bertz CT molecular complexity index is 906. The molecule has 0 spiro atoms. The van der Waals surface area contributed by atoms with Crippen LogP contribution in [0, 0.1) is 10.1 Å². The first kappa shape index (κ1) is 21.4. The summed E-state index contributed by atoms with van der Waals surface area (Å²) >= 11 is 12.3. The quantitative estimate of drug-likeness (QED) is 0.416. The zero-order valence-electron chi connectivity index (χ0n) is 15.8. The van der Waals surface area contributed by atoms with E-state index in [1.807, 2.05) is 0 Å². The molecule has 154 valence electrons. The number of hydrogen-bond donors (Lipinski definition) is 1. The molecule has 3 rings (SSSR count).